The largest absolute Gasteiger partial charge is 0.486 e. The van der Waals surface area contributed by atoms with E-state index in [1.807, 2.05) is 41.3 Å². The first-order valence-electron chi connectivity index (χ1n) is 9.91. The van der Waals surface area contributed by atoms with Gasteiger partial charge in [-0.25, -0.2) is 5.43 Å². The molecule has 3 aliphatic heterocycles. The second-order valence-corrected chi connectivity index (χ2v) is 7.45. The summed E-state index contributed by atoms with van der Waals surface area (Å²) in [6.45, 7) is 6.18. The lowest BCUT2D eigenvalue weighted by atomic mass is 9.89. The number of nitrogens with one attached hydrogen (secondary N) is 3. The Hall–Kier alpha value is -3.03. The fourth-order valence-electron chi connectivity index (χ4n) is 4.38. The zero-order chi connectivity index (χ0) is 19.8. The minimum atomic E-state index is -0.170. The van der Waals surface area contributed by atoms with Gasteiger partial charge in [0, 0.05) is 24.7 Å². The normalized spacial score (nSPS) is 25.3. The summed E-state index contributed by atoms with van der Waals surface area (Å²) in [7, 11) is 0. The second kappa shape index (κ2) is 7.42. The van der Waals surface area contributed by atoms with Crippen molar-refractivity contribution in [3.05, 3.63) is 66.2 Å². The maximum atomic E-state index is 13.2. The van der Waals surface area contributed by atoms with Crippen LogP contribution in [0.3, 0.4) is 0 Å². The number of carbonyl (C=O) groups excluding carboxylic acids is 1. The average Bonchev–Trinajstić information content (AvgIpc) is 3.25. The lowest BCUT2D eigenvalue weighted by Gasteiger charge is -2.41. The highest BCUT2D eigenvalue weighted by Crippen LogP contribution is 2.38. The predicted octanol–water partition coefficient (Wildman–Crippen LogP) is 2.30. The topological polar surface area (TPSA) is 74.9 Å². The highest BCUT2D eigenvalue weighted by atomic mass is 16.6. The van der Waals surface area contributed by atoms with Crippen LogP contribution in [0.25, 0.3) is 0 Å². The monoisotopic (exact) mass is 392 g/mol. The molecule has 0 radical (unpaired) electrons. The fraction of sp³-hybridized carbons (Fsp3) is 0.318. The van der Waals surface area contributed by atoms with E-state index in [0.29, 0.717) is 25.3 Å². The van der Waals surface area contributed by atoms with Gasteiger partial charge in [-0.3, -0.25) is 10.2 Å². The number of hydrazine groups is 1. The van der Waals surface area contributed by atoms with E-state index in [9.17, 15) is 4.79 Å². The molecule has 150 valence electrons. The van der Waals surface area contributed by atoms with Crippen LogP contribution >= 0.6 is 0 Å². The van der Waals surface area contributed by atoms with Crippen LogP contribution in [0, 0.1) is 5.92 Å². The molecule has 0 aliphatic carbocycles. The van der Waals surface area contributed by atoms with Crippen LogP contribution in [0.5, 0.6) is 11.5 Å². The molecule has 2 aromatic rings. The highest BCUT2D eigenvalue weighted by Gasteiger charge is 2.42. The minimum absolute atomic E-state index is 0.00806. The van der Waals surface area contributed by atoms with E-state index in [1.54, 1.807) is 6.08 Å². The van der Waals surface area contributed by atoms with Gasteiger partial charge in [0.2, 0.25) is 0 Å². The number of hydrogen-bond acceptors (Lipinski definition) is 6. The summed E-state index contributed by atoms with van der Waals surface area (Å²) >= 11 is 0. The molecule has 3 atom stereocenters. The average molecular weight is 392 g/mol. The van der Waals surface area contributed by atoms with E-state index in [0.717, 1.165) is 29.3 Å². The molecule has 29 heavy (non-hydrogen) atoms. The Balaban J connectivity index is 1.48. The summed E-state index contributed by atoms with van der Waals surface area (Å²) in [5.74, 6) is 1.67. The molecule has 3 unspecified atom stereocenters. The van der Waals surface area contributed by atoms with Gasteiger partial charge < -0.3 is 19.7 Å². The molecule has 5 rings (SSSR count). The molecule has 1 fully saturated rings. The van der Waals surface area contributed by atoms with Crippen molar-refractivity contribution in [2.75, 3.05) is 31.6 Å². The summed E-state index contributed by atoms with van der Waals surface area (Å²) in [6.07, 6.45) is 1.60. The number of carbonyl (C=O) groups is 1. The summed E-state index contributed by atoms with van der Waals surface area (Å²) < 4.78 is 11.4. The number of benzene rings is 2. The van der Waals surface area contributed by atoms with E-state index in [-0.39, 0.29) is 24.0 Å². The third-order valence-corrected chi connectivity index (χ3v) is 5.74. The van der Waals surface area contributed by atoms with Crippen LogP contribution in [0.4, 0.5) is 5.69 Å². The van der Waals surface area contributed by atoms with Gasteiger partial charge in [0.1, 0.15) is 19.4 Å². The predicted molar refractivity (Wildman–Crippen MR) is 110 cm³/mol. The molecule has 0 spiro atoms. The van der Waals surface area contributed by atoms with Crippen LogP contribution in [0.15, 0.2) is 55.1 Å². The number of para-hydroxylation sites is 1. The van der Waals surface area contributed by atoms with Gasteiger partial charge in [-0.05, 0) is 29.8 Å². The van der Waals surface area contributed by atoms with E-state index in [1.165, 1.54) is 0 Å². The van der Waals surface area contributed by atoms with Crippen molar-refractivity contribution in [2.45, 2.75) is 12.2 Å². The van der Waals surface area contributed by atoms with Gasteiger partial charge in [-0.2, -0.15) is 0 Å². The van der Waals surface area contributed by atoms with Crippen molar-refractivity contribution in [1.82, 2.24) is 15.8 Å². The quantitative estimate of drug-likeness (QED) is 0.694. The van der Waals surface area contributed by atoms with Crippen LogP contribution in [0.2, 0.25) is 0 Å². The lowest BCUT2D eigenvalue weighted by Crippen LogP contribution is -2.54. The Morgan fingerprint density at radius 1 is 1.14 bits per heavy atom. The third kappa shape index (κ3) is 3.12. The molecule has 1 amide bonds. The standard InChI is InChI=1S/C22H24N4O3/c1-2-9-26-21(24-17-6-4-3-5-15(17)22(26)27)16-13-23-25-20(16)14-7-8-18-19(12-14)29-11-10-28-18/h2-8,12,16,20-21,23-25H,1,9-11,13H2. The minimum Gasteiger partial charge on any atom is -0.486 e. The van der Waals surface area contributed by atoms with Crippen molar-refractivity contribution in [3.8, 4) is 11.5 Å². The number of fused-ring (bicyclic) bond motifs is 2. The molecule has 0 saturated carbocycles. The van der Waals surface area contributed by atoms with Crippen LogP contribution in [-0.4, -0.2) is 43.3 Å². The number of nitrogens with zero attached hydrogens (tertiary/aromatic N) is 1. The van der Waals surface area contributed by atoms with Gasteiger partial charge in [0.15, 0.2) is 11.5 Å². The first-order chi connectivity index (χ1) is 14.3. The maximum Gasteiger partial charge on any atom is 0.257 e. The first kappa shape index (κ1) is 18.0. The molecule has 0 bridgehead atoms. The number of ether oxygens (including phenoxy) is 2. The Morgan fingerprint density at radius 3 is 2.83 bits per heavy atom. The molecule has 0 aromatic heterocycles. The number of amides is 1. The lowest BCUT2D eigenvalue weighted by molar-refractivity contribution is 0.0648. The maximum absolute atomic E-state index is 13.2. The third-order valence-electron chi connectivity index (χ3n) is 5.74. The van der Waals surface area contributed by atoms with E-state index in [2.05, 4.69) is 28.8 Å². The van der Waals surface area contributed by atoms with Crippen LogP contribution < -0.4 is 25.6 Å². The summed E-state index contributed by atoms with van der Waals surface area (Å²) in [6, 6.07) is 13.7. The summed E-state index contributed by atoms with van der Waals surface area (Å²) in [5, 5.41) is 3.59. The van der Waals surface area contributed by atoms with Gasteiger partial charge in [-0.1, -0.05) is 24.3 Å². The first-order valence-corrected chi connectivity index (χ1v) is 9.91. The zero-order valence-electron chi connectivity index (χ0n) is 16.1. The second-order valence-electron chi connectivity index (χ2n) is 7.45. The van der Waals surface area contributed by atoms with E-state index >= 15 is 0 Å². The SMILES string of the molecule is C=CCN1C(=O)c2ccccc2NC1C1CNNC1c1ccc2c(c1)OCCO2. The summed E-state index contributed by atoms with van der Waals surface area (Å²) in [5.41, 5.74) is 9.31. The number of rotatable bonds is 4. The molecular formula is C22H24N4O3. The number of anilines is 1. The Kier molecular flexibility index (Phi) is 4.61. The molecule has 1 saturated heterocycles. The Labute approximate surface area is 169 Å². The van der Waals surface area contributed by atoms with Crippen molar-refractivity contribution >= 4 is 11.6 Å². The molecule has 3 N–H and O–H groups in total. The van der Waals surface area contributed by atoms with Crippen molar-refractivity contribution < 1.29 is 14.3 Å². The summed E-state index contributed by atoms with van der Waals surface area (Å²) in [4.78, 5) is 15.0. The fourth-order valence-corrected chi connectivity index (χ4v) is 4.38. The van der Waals surface area contributed by atoms with Crippen molar-refractivity contribution in [1.29, 1.82) is 0 Å². The number of hydrogen-bond donors (Lipinski definition) is 3. The molecule has 7 heteroatoms. The highest BCUT2D eigenvalue weighted by molar-refractivity contribution is 6.01. The molecular weight excluding hydrogens is 368 g/mol. The van der Waals surface area contributed by atoms with Crippen LogP contribution in [-0.2, 0) is 0 Å². The molecule has 3 heterocycles. The van der Waals surface area contributed by atoms with Gasteiger partial charge in [-0.15, -0.1) is 6.58 Å². The van der Waals surface area contributed by atoms with Gasteiger partial charge in [0.05, 0.1) is 11.6 Å². The van der Waals surface area contributed by atoms with E-state index in [4.69, 9.17) is 9.47 Å². The molecule has 7 nitrogen and oxygen atoms in total. The zero-order valence-corrected chi connectivity index (χ0v) is 16.1. The molecule has 3 aliphatic rings. The van der Waals surface area contributed by atoms with Crippen molar-refractivity contribution in [2.24, 2.45) is 5.92 Å². The Morgan fingerprint density at radius 2 is 1.97 bits per heavy atom. The van der Waals surface area contributed by atoms with Gasteiger partial charge >= 0.3 is 0 Å². The smallest absolute Gasteiger partial charge is 0.257 e. The van der Waals surface area contributed by atoms with Crippen molar-refractivity contribution in [3.63, 3.8) is 0 Å². The van der Waals surface area contributed by atoms with Crippen LogP contribution in [0.1, 0.15) is 22.0 Å². The molecule has 2 aromatic carbocycles. The Bertz CT molecular complexity index is 947. The van der Waals surface area contributed by atoms with Gasteiger partial charge in [0.25, 0.3) is 5.91 Å². The van der Waals surface area contributed by atoms with E-state index < -0.39 is 0 Å².